The maximum absolute atomic E-state index is 3.47. The molecule has 2 nitrogen and oxygen atoms in total. The fourth-order valence-corrected chi connectivity index (χ4v) is 1.76. The Balaban J connectivity index is 2.48. The molecule has 2 heteroatoms. The van der Waals surface area contributed by atoms with E-state index in [9.17, 15) is 0 Å². The molecule has 0 radical (unpaired) electrons. The Morgan fingerprint density at radius 1 is 1.60 bits per heavy atom. The number of rotatable bonds is 2. The van der Waals surface area contributed by atoms with Crippen molar-refractivity contribution in [2.24, 2.45) is 0 Å². The van der Waals surface area contributed by atoms with Crippen molar-refractivity contribution in [2.75, 3.05) is 26.7 Å². The van der Waals surface area contributed by atoms with Gasteiger partial charge in [-0.05, 0) is 6.42 Å². The molecule has 0 saturated carbocycles. The van der Waals surface area contributed by atoms with E-state index in [-0.39, 0.29) is 0 Å². The first kappa shape index (κ1) is 8.02. The third-order valence-electron chi connectivity index (χ3n) is 2.73. The van der Waals surface area contributed by atoms with Crippen LogP contribution in [0.1, 0.15) is 20.3 Å². The van der Waals surface area contributed by atoms with Crippen LogP contribution in [-0.4, -0.2) is 37.3 Å². The quantitative estimate of drug-likeness (QED) is 0.564. The van der Waals surface area contributed by atoms with Crippen molar-refractivity contribution in [1.29, 1.82) is 0 Å². The lowest BCUT2D eigenvalue weighted by Gasteiger charge is -2.33. The van der Waals surface area contributed by atoms with Crippen LogP contribution in [0.2, 0.25) is 0 Å². The summed E-state index contributed by atoms with van der Waals surface area (Å²) in [6.45, 7) is 8.35. The lowest BCUT2D eigenvalue weighted by molar-refractivity contribution is -0.920. The normalized spacial score (nSPS) is 40.5. The lowest BCUT2D eigenvalue weighted by atomic mass is 10.3. The van der Waals surface area contributed by atoms with Crippen LogP contribution < -0.4 is 5.32 Å². The number of hydrogen-bond donors (Lipinski definition) is 1. The molecule has 0 bridgehead atoms. The molecule has 0 aromatic heterocycles. The predicted molar refractivity (Wildman–Crippen MR) is 43.7 cm³/mol. The topological polar surface area (TPSA) is 12.0 Å². The fraction of sp³-hybridized carbons (Fsp3) is 1.00. The van der Waals surface area contributed by atoms with E-state index in [0.29, 0.717) is 6.17 Å². The van der Waals surface area contributed by atoms with Crippen molar-refractivity contribution in [3.8, 4) is 0 Å². The number of nitrogens with one attached hydrogen (secondary N) is 1. The van der Waals surface area contributed by atoms with Crippen molar-refractivity contribution >= 4 is 0 Å². The molecule has 2 unspecified atom stereocenters. The van der Waals surface area contributed by atoms with Crippen LogP contribution in [0.4, 0.5) is 0 Å². The average Bonchev–Trinajstić information content (AvgIpc) is 2.15. The van der Waals surface area contributed by atoms with Gasteiger partial charge in [-0.15, -0.1) is 0 Å². The molecular weight excluding hydrogens is 124 g/mol. The second-order valence-electron chi connectivity index (χ2n) is 3.56. The highest BCUT2D eigenvalue weighted by atomic mass is 15.5. The Morgan fingerprint density at radius 2 is 2.30 bits per heavy atom. The van der Waals surface area contributed by atoms with Crippen molar-refractivity contribution in [1.82, 2.24) is 5.32 Å². The van der Waals surface area contributed by atoms with Crippen LogP contribution in [0.25, 0.3) is 0 Å². The van der Waals surface area contributed by atoms with E-state index < -0.39 is 0 Å². The SMILES string of the molecule is CCC[N+]1(C)CCNC1C. The standard InChI is InChI=1S/C8H19N2/c1-4-6-10(3)7-5-9-8(10)2/h8-9H,4-7H2,1-3H3/q+1. The predicted octanol–water partition coefficient (Wildman–Crippen LogP) is 0.792. The summed E-state index contributed by atoms with van der Waals surface area (Å²) in [5.74, 6) is 0. The Hall–Kier alpha value is -0.0800. The molecule has 1 saturated heterocycles. The van der Waals surface area contributed by atoms with Crippen LogP contribution in [0.15, 0.2) is 0 Å². The molecular formula is C8H19N2+. The van der Waals surface area contributed by atoms with E-state index in [2.05, 4.69) is 26.2 Å². The number of quaternary nitrogens is 1. The Kier molecular flexibility index (Phi) is 2.32. The summed E-state index contributed by atoms with van der Waals surface area (Å²) in [4.78, 5) is 0. The summed E-state index contributed by atoms with van der Waals surface area (Å²) in [5, 5.41) is 3.47. The molecule has 10 heavy (non-hydrogen) atoms. The van der Waals surface area contributed by atoms with Gasteiger partial charge < -0.3 is 4.48 Å². The monoisotopic (exact) mass is 143 g/mol. The maximum atomic E-state index is 3.47. The smallest absolute Gasteiger partial charge is 0.140 e. The number of nitrogens with zero attached hydrogens (tertiary/aromatic N) is 1. The minimum Gasteiger partial charge on any atom is -0.310 e. The van der Waals surface area contributed by atoms with Crippen LogP contribution in [-0.2, 0) is 0 Å². The molecule has 60 valence electrons. The zero-order valence-electron chi connectivity index (χ0n) is 7.35. The minimum atomic E-state index is 0.667. The molecule has 2 atom stereocenters. The van der Waals surface area contributed by atoms with Gasteiger partial charge in [0.05, 0.1) is 26.7 Å². The van der Waals surface area contributed by atoms with E-state index in [1.165, 1.54) is 30.5 Å². The highest BCUT2D eigenvalue weighted by Crippen LogP contribution is 2.13. The van der Waals surface area contributed by atoms with Gasteiger partial charge in [0.2, 0.25) is 0 Å². The van der Waals surface area contributed by atoms with E-state index in [4.69, 9.17) is 0 Å². The van der Waals surface area contributed by atoms with E-state index in [0.717, 1.165) is 0 Å². The van der Waals surface area contributed by atoms with Gasteiger partial charge in [0, 0.05) is 6.92 Å². The molecule has 1 N–H and O–H groups in total. The molecule has 1 fully saturated rings. The molecule has 0 aliphatic carbocycles. The molecule has 0 spiro atoms. The van der Waals surface area contributed by atoms with Crippen molar-refractivity contribution in [2.45, 2.75) is 26.4 Å². The molecule has 1 aliphatic heterocycles. The third kappa shape index (κ3) is 1.32. The second kappa shape index (κ2) is 2.89. The van der Waals surface area contributed by atoms with Gasteiger partial charge in [-0.25, -0.2) is 0 Å². The molecule has 1 rings (SSSR count). The summed E-state index contributed by atoms with van der Waals surface area (Å²) in [5.41, 5.74) is 0. The highest BCUT2D eigenvalue weighted by Gasteiger charge is 2.32. The first-order valence-corrected chi connectivity index (χ1v) is 4.26. The van der Waals surface area contributed by atoms with Gasteiger partial charge in [-0.3, -0.25) is 5.32 Å². The van der Waals surface area contributed by atoms with Crippen LogP contribution in [0.5, 0.6) is 0 Å². The van der Waals surface area contributed by atoms with Gasteiger partial charge in [-0.2, -0.15) is 0 Å². The summed E-state index contributed by atoms with van der Waals surface area (Å²) in [6, 6.07) is 0. The van der Waals surface area contributed by atoms with Gasteiger partial charge in [0.1, 0.15) is 6.17 Å². The number of hydrogen-bond acceptors (Lipinski definition) is 1. The molecule has 1 aliphatic rings. The van der Waals surface area contributed by atoms with Gasteiger partial charge in [-0.1, -0.05) is 6.92 Å². The number of likely N-dealkylation sites (N-methyl/N-ethyl adjacent to an activating group) is 1. The van der Waals surface area contributed by atoms with E-state index in [1.807, 2.05) is 0 Å². The average molecular weight is 143 g/mol. The molecule has 0 aromatic rings. The Bertz CT molecular complexity index is 114. The second-order valence-corrected chi connectivity index (χ2v) is 3.56. The third-order valence-corrected chi connectivity index (χ3v) is 2.73. The molecule has 1 heterocycles. The van der Waals surface area contributed by atoms with Crippen molar-refractivity contribution < 1.29 is 4.48 Å². The Morgan fingerprint density at radius 3 is 2.70 bits per heavy atom. The first-order chi connectivity index (χ1) is 4.69. The van der Waals surface area contributed by atoms with E-state index in [1.54, 1.807) is 0 Å². The minimum absolute atomic E-state index is 0.667. The zero-order valence-corrected chi connectivity index (χ0v) is 7.35. The van der Waals surface area contributed by atoms with Crippen LogP contribution in [0.3, 0.4) is 0 Å². The van der Waals surface area contributed by atoms with Gasteiger partial charge in [0.15, 0.2) is 0 Å². The van der Waals surface area contributed by atoms with Crippen LogP contribution in [0, 0.1) is 0 Å². The highest BCUT2D eigenvalue weighted by molar-refractivity contribution is 4.59. The first-order valence-electron chi connectivity index (χ1n) is 4.26. The van der Waals surface area contributed by atoms with E-state index >= 15 is 0 Å². The summed E-state index contributed by atoms with van der Waals surface area (Å²) < 4.78 is 1.22. The molecule has 0 amide bonds. The van der Waals surface area contributed by atoms with Gasteiger partial charge in [0.25, 0.3) is 0 Å². The van der Waals surface area contributed by atoms with Crippen molar-refractivity contribution in [3.05, 3.63) is 0 Å². The molecule has 0 aromatic carbocycles. The van der Waals surface area contributed by atoms with Crippen LogP contribution >= 0.6 is 0 Å². The van der Waals surface area contributed by atoms with Gasteiger partial charge >= 0.3 is 0 Å². The fourth-order valence-electron chi connectivity index (χ4n) is 1.76. The van der Waals surface area contributed by atoms with Crippen molar-refractivity contribution in [3.63, 3.8) is 0 Å². The maximum Gasteiger partial charge on any atom is 0.140 e. The largest absolute Gasteiger partial charge is 0.310 e. The zero-order chi connectivity index (χ0) is 7.61. The summed E-state index contributed by atoms with van der Waals surface area (Å²) in [7, 11) is 2.34. The summed E-state index contributed by atoms with van der Waals surface area (Å²) >= 11 is 0. The summed E-state index contributed by atoms with van der Waals surface area (Å²) in [6.07, 6.45) is 1.96. The Labute approximate surface area is 63.8 Å². The lowest BCUT2D eigenvalue weighted by Crippen LogP contribution is -2.49.